The van der Waals surface area contributed by atoms with Gasteiger partial charge in [-0.25, -0.2) is 13.2 Å². The van der Waals surface area contributed by atoms with Gasteiger partial charge in [-0.1, -0.05) is 20.4 Å². The largest absolute Gasteiger partial charge is 0.208 e. The van der Waals surface area contributed by atoms with Gasteiger partial charge in [-0.2, -0.15) is 0 Å². The summed E-state index contributed by atoms with van der Waals surface area (Å²) in [5.74, 6) is -3.14. The van der Waals surface area contributed by atoms with Crippen molar-refractivity contribution in [3.63, 3.8) is 0 Å². The summed E-state index contributed by atoms with van der Waals surface area (Å²) in [5.41, 5.74) is 0.343. The molecule has 0 nitrogen and oxygen atoms in total. The molecular formula is C10H13F3. The number of allylic oxidation sites excluding steroid dienone is 5. The van der Waals surface area contributed by atoms with Crippen LogP contribution in [0.3, 0.4) is 0 Å². The van der Waals surface area contributed by atoms with E-state index < -0.39 is 17.5 Å². The maximum atomic E-state index is 13.1. The molecule has 0 heterocycles. The smallest absolute Gasteiger partial charge is 0.161 e. The van der Waals surface area contributed by atoms with Crippen molar-refractivity contribution in [1.82, 2.24) is 0 Å². The number of hydrogen-bond acceptors (Lipinski definition) is 0. The first-order chi connectivity index (χ1) is 6.02. The van der Waals surface area contributed by atoms with Gasteiger partial charge in [0.2, 0.25) is 0 Å². The molecule has 3 heteroatoms. The Morgan fingerprint density at radius 1 is 1.15 bits per heavy atom. The minimum Gasteiger partial charge on any atom is -0.208 e. The summed E-state index contributed by atoms with van der Waals surface area (Å²) in [5, 5.41) is 0. The highest BCUT2D eigenvalue weighted by Crippen LogP contribution is 2.23. The van der Waals surface area contributed by atoms with Gasteiger partial charge in [0.15, 0.2) is 11.7 Å². The Bertz CT molecular complexity index is 243. The van der Waals surface area contributed by atoms with Gasteiger partial charge in [0, 0.05) is 6.08 Å². The second kappa shape index (κ2) is 5.62. The maximum Gasteiger partial charge on any atom is 0.161 e. The van der Waals surface area contributed by atoms with E-state index >= 15 is 0 Å². The second-order valence-electron chi connectivity index (χ2n) is 2.56. The molecule has 0 aliphatic rings. The Morgan fingerprint density at radius 3 is 1.92 bits per heavy atom. The van der Waals surface area contributed by atoms with Gasteiger partial charge in [0.25, 0.3) is 0 Å². The molecule has 0 saturated heterocycles. The molecule has 0 aliphatic carbocycles. The normalized spacial score (nSPS) is 11.3. The van der Waals surface area contributed by atoms with E-state index in [0.717, 1.165) is 0 Å². The molecule has 0 bridgehead atoms. The SMILES string of the molecule is C=C(F)/C=C(/F)C(F)=C(CC)CC. The van der Waals surface area contributed by atoms with E-state index in [1.165, 1.54) is 0 Å². The lowest BCUT2D eigenvalue weighted by atomic mass is 10.1. The fourth-order valence-electron chi connectivity index (χ4n) is 0.930. The molecule has 13 heavy (non-hydrogen) atoms. The van der Waals surface area contributed by atoms with Gasteiger partial charge in [0.1, 0.15) is 5.83 Å². The van der Waals surface area contributed by atoms with Gasteiger partial charge in [-0.3, -0.25) is 0 Å². The van der Waals surface area contributed by atoms with E-state index in [0.29, 0.717) is 24.5 Å². The Labute approximate surface area is 76.5 Å². The fourth-order valence-corrected chi connectivity index (χ4v) is 0.930. The van der Waals surface area contributed by atoms with Crippen LogP contribution in [0.25, 0.3) is 0 Å². The standard InChI is InChI=1S/C10H13F3/c1-4-8(5-2)10(13)9(12)6-7(3)11/h6H,3-5H2,1-2H3/b9-6+. The molecule has 74 valence electrons. The van der Waals surface area contributed by atoms with Crippen molar-refractivity contribution < 1.29 is 13.2 Å². The Morgan fingerprint density at radius 2 is 1.62 bits per heavy atom. The van der Waals surface area contributed by atoms with Crippen LogP contribution in [0.5, 0.6) is 0 Å². The summed E-state index contributed by atoms with van der Waals surface area (Å²) < 4.78 is 37.9. The lowest BCUT2D eigenvalue weighted by Crippen LogP contribution is -1.86. The van der Waals surface area contributed by atoms with Crippen LogP contribution in [0.4, 0.5) is 13.2 Å². The van der Waals surface area contributed by atoms with E-state index in [-0.39, 0.29) is 0 Å². The second-order valence-corrected chi connectivity index (χ2v) is 2.56. The van der Waals surface area contributed by atoms with Crippen LogP contribution >= 0.6 is 0 Å². The Kier molecular flexibility index (Phi) is 5.19. The fraction of sp³-hybridized carbons (Fsp3) is 0.400. The zero-order valence-electron chi connectivity index (χ0n) is 7.83. The molecule has 0 spiro atoms. The van der Waals surface area contributed by atoms with Crippen LogP contribution in [0.15, 0.2) is 35.7 Å². The summed E-state index contributed by atoms with van der Waals surface area (Å²) in [4.78, 5) is 0. The number of hydrogen-bond donors (Lipinski definition) is 0. The first kappa shape index (κ1) is 12.0. The Hall–Kier alpha value is -0.990. The van der Waals surface area contributed by atoms with Crippen molar-refractivity contribution in [3.8, 4) is 0 Å². The molecule has 0 atom stereocenters. The highest BCUT2D eigenvalue weighted by Gasteiger charge is 2.08. The van der Waals surface area contributed by atoms with Gasteiger partial charge < -0.3 is 0 Å². The minimum atomic E-state index is -1.19. The summed E-state index contributed by atoms with van der Waals surface area (Å²) >= 11 is 0. The molecule has 0 saturated carbocycles. The van der Waals surface area contributed by atoms with Gasteiger partial charge >= 0.3 is 0 Å². The summed E-state index contributed by atoms with van der Waals surface area (Å²) in [6.45, 7) is 6.25. The summed E-state index contributed by atoms with van der Waals surface area (Å²) in [6, 6.07) is 0. The molecule has 0 radical (unpaired) electrons. The van der Waals surface area contributed by atoms with Crippen LogP contribution in [0.1, 0.15) is 26.7 Å². The van der Waals surface area contributed by atoms with E-state index in [9.17, 15) is 13.2 Å². The number of rotatable bonds is 4. The average molecular weight is 190 g/mol. The van der Waals surface area contributed by atoms with Crippen molar-refractivity contribution in [1.29, 1.82) is 0 Å². The maximum absolute atomic E-state index is 13.1. The zero-order valence-corrected chi connectivity index (χ0v) is 7.83. The van der Waals surface area contributed by atoms with Crippen LogP contribution in [0.2, 0.25) is 0 Å². The van der Waals surface area contributed by atoms with Crippen LogP contribution < -0.4 is 0 Å². The van der Waals surface area contributed by atoms with E-state index in [4.69, 9.17) is 0 Å². The number of halogens is 3. The van der Waals surface area contributed by atoms with Crippen LogP contribution in [-0.4, -0.2) is 0 Å². The third-order valence-corrected chi connectivity index (χ3v) is 1.66. The van der Waals surface area contributed by atoms with E-state index in [2.05, 4.69) is 6.58 Å². The predicted molar refractivity (Wildman–Crippen MR) is 48.2 cm³/mol. The molecule has 0 aromatic rings. The molecular weight excluding hydrogens is 177 g/mol. The molecule has 0 fully saturated rings. The van der Waals surface area contributed by atoms with Crippen molar-refractivity contribution >= 4 is 0 Å². The monoisotopic (exact) mass is 190 g/mol. The highest BCUT2D eigenvalue weighted by atomic mass is 19.2. The lowest BCUT2D eigenvalue weighted by Gasteiger charge is -2.01. The third kappa shape index (κ3) is 3.97. The van der Waals surface area contributed by atoms with Crippen molar-refractivity contribution in [2.45, 2.75) is 26.7 Å². The predicted octanol–water partition coefficient (Wildman–Crippen LogP) is 4.37. The van der Waals surface area contributed by atoms with Gasteiger partial charge in [0.05, 0.1) is 0 Å². The van der Waals surface area contributed by atoms with Gasteiger partial charge in [-0.15, -0.1) is 0 Å². The summed E-state index contributed by atoms with van der Waals surface area (Å²) in [7, 11) is 0. The molecule has 0 aliphatic heterocycles. The molecule has 0 unspecified atom stereocenters. The van der Waals surface area contributed by atoms with Crippen molar-refractivity contribution in [3.05, 3.63) is 35.7 Å². The van der Waals surface area contributed by atoms with Crippen molar-refractivity contribution in [2.75, 3.05) is 0 Å². The van der Waals surface area contributed by atoms with Crippen LogP contribution in [0, 0.1) is 0 Å². The molecule has 0 amide bonds. The van der Waals surface area contributed by atoms with Gasteiger partial charge in [-0.05, 0) is 18.4 Å². The highest BCUT2D eigenvalue weighted by molar-refractivity contribution is 5.28. The molecule has 0 rings (SSSR count). The Balaban J connectivity index is 4.84. The van der Waals surface area contributed by atoms with Crippen molar-refractivity contribution in [2.24, 2.45) is 0 Å². The molecule has 0 aromatic carbocycles. The van der Waals surface area contributed by atoms with E-state index in [1.807, 2.05) is 0 Å². The van der Waals surface area contributed by atoms with E-state index in [1.54, 1.807) is 13.8 Å². The first-order valence-electron chi connectivity index (χ1n) is 4.12. The summed E-state index contributed by atoms with van der Waals surface area (Å²) in [6.07, 6.45) is 1.28. The third-order valence-electron chi connectivity index (χ3n) is 1.66. The zero-order chi connectivity index (χ0) is 10.4. The average Bonchev–Trinajstić information content (AvgIpc) is 2.05. The topological polar surface area (TPSA) is 0 Å². The molecule has 0 N–H and O–H groups in total. The first-order valence-corrected chi connectivity index (χ1v) is 4.12. The minimum absolute atomic E-state index is 0.343. The molecule has 0 aromatic heterocycles. The quantitative estimate of drug-likeness (QED) is 0.577. The van der Waals surface area contributed by atoms with Crippen LogP contribution in [-0.2, 0) is 0 Å². The lowest BCUT2D eigenvalue weighted by molar-refractivity contribution is 0.525.